The number of rotatable bonds is 2. The van der Waals surface area contributed by atoms with Gasteiger partial charge in [-0.05, 0) is 37.1 Å². The lowest BCUT2D eigenvalue weighted by molar-refractivity contribution is -0.143. The number of piperidine rings is 1. The van der Waals surface area contributed by atoms with E-state index in [1.54, 1.807) is 12.1 Å². The molecular formula is C12H14FNO2. The first-order valence-corrected chi connectivity index (χ1v) is 5.40. The Bertz CT molecular complexity index is 377. The number of aliphatic carboxylic acids is 1. The summed E-state index contributed by atoms with van der Waals surface area (Å²) in [7, 11) is 0. The van der Waals surface area contributed by atoms with E-state index in [-0.39, 0.29) is 11.9 Å². The molecule has 1 aromatic rings. The lowest BCUT2D eigenvalue weighted by Crippen LogP contribution is -2.38. The zero-order valence-electron chi connectivity index (χ0n) is 8.82. The molecule has 1 heterocycles. The predicted octanol–water partition coefficient (Wildman–Crippen LogP) is 1.95. The fourth-order valence-corrected chi connectivity index (χ4v) is 2.17. The summed E-state index contributed by atoms with van der Waals surface area (Å²) in [6.07, 6.45) is 1.54. The van der Waals surface area contributed by atoms with Crippen LogP contribution in [0.3, 0.4) is 0 Å². The fraction of sp³-hybridized carbons (Fsp3) is 0.417. The Morgan fingerprint density at radius 1 is 1.38 bits per heavy atom. The van der Waals surface area contributed by atoms with Gasteiger partial charge in [-0.3, -0.25) is 4.79 Å². The van der Waals surface area contributed by atoms with Crippen molar-refractivity contribution in [1.82, 2.24) is 5.32 Å². The molecule has 1 saturated heterocycles. The van der Waals surface area contributed by atoms with Gasteiger partial charge in [-0.15, -0.1) is 0 Å². The molecule has 1 aromatic carbocycles. The van der Waals surface area contributed by atoms with Crippen LogP contribution in [0, 0.1) is 11.7 Å². The van der Waals surface area contributed by atoms with Gasteiger partial charge in [-0.25, -0.2) is 4.39 Å². The second-order valence-electron chi connectivity index (χ2n) is 4.07. The summed E-state index contributed by atoms with van der Waals surface area (Å²) in [6, 6.07) is 5.82. The Morgan fingerprint density at radius 2 is 2.06 bits per heavy atom. The second kappa shape index (κ2) is 4.61. The normalized spacial score (nSPS) is 25.3. The average Bonchev–Trinajstić information content (AvgIpc) is 2.30. The van der Waals surface area contributed by atoms with Gasteiger partial charge in [0.05, 0.1) is 5.92 Å². The number of carbonyl (C=O) groups is 1. The lowest BCUT2D eigenvalue weighted by atomic mass is 9.86. The van der Waals surface area contributed by atoms with Crippen LogP contribution in [0.15, 0.2) is 24.3 Å². The van der Waals surface area contributed by atoms with Crippen LogP contribution >= 0.6 is 0 Å². The van der Waals surface area contributed by atoms with E-state index in [4.69, 9.17) is 5.11 Å². The molecule has 4 heteroatoms. The summed E-state index contributed by atoms with van der Waals surface area (Å²) in [4.78, 5) is 11.1. The Kier molecular flexibility index (Phi) is 3.19. The molecule has 1 aliphatic heterocycles. The standard InChI is InChI=1S/C12H14FNO2/c13-9-5-3-8(4-6-9)11-10(12(15)16)2-1-7-14-11/h3-6,10-11,14H,1-2,7H2,(H,15,16)/t10-,11+/m0/s1. The number of carboxylic acid groups (broad SMARTS) is 1. The second-order valence-corrected chi connectivity index (χ2v) is 4.07. The van der Waals surface area contributed by atoms with Crippen molar-refractivity contribution in [3.05, 3.63) is 35.6 Å². The highest BCUT2D eigenvalue weighted by atomic mass is 19.1. The van der Waals surface area contributed by atoms with Crippen LogP contribution in [0.25, 0.3) is 0 Å². The smallest absolute Gasteiger partial charge is 0.308 e. The van der Waals surface area contributed by atoms with Gasteiger partial charge in [0.15, 0.2) is 0 Å². The largest absolute Gasteiger partial charge is 0.481 e. The molecule has 86 valence electrons. The Hall–Kier alpha value is -1.42. The fourth-order valence-electron chi connectivity index (χ4n) is 2.17. The molecule has 0 radical (unpaired) electrons. The molecule has 0 aromatic heterocycles. The van der Waals surface area contributed by atoms with Gasteiger partial charge in [0.1, 0.15) is 5.82 Å². The first kappa shape index (κ1) is 11.1. The van der Waals surface area contributed by atoms with Gasteiger partial charge in [-0.2, -0.15) is 0 Å². The van der Waals surface area contributed by atoms with Crippen LogP contribution in [0.4, 0.5) is 4.39 Å². The maximum absolute atomic E-state index is 12.8. The molecule has 2 N–H and O–H groups in total. The van der Waals surface area contributed by atoms with Crippen molar-refractivity contribution in [2.24, 2.45) is 5.92 Å². The third-order valence-electron chi connectivity index (χ3n) is 3.00. The molecule has 0 amide bonds. The van der Waals surface area contributed by atoms with Crippen LogP contribution in [0.2, 0.25) is 0 Å². The van der Waals surface area contributed by atoms with E-state index in [9.17, 15) is 9.18 Å². The highest BCUT2D eigenvalue weighted by molar-refractivity contribution is 5.71. The topological polar surface area (TPSA) is 49.3 Å². The zero-order chi connectivity index (χ0) is 11.5. The van der Waals surface area contributed by atoms with Gasteiger partial charge >= 0.3 is 5.97 Å². The third-order valence-corrected chi connectivity index (χ3v) is 3.00. The maximum atomic E-state index is 12.8. The van der Waals surface area contributed by atoms with E-state index >= 15 is 0 Å². The van der Waals surface area contributed by atoms with Crippen molar-refractivity contribution in [3.8, 4) is 0 Å². The van der Waals surface area contributed by atoms with Gasteiger partial charge in [-0.1, -0.05) is 12.1 Å². The number of halogens is 1. The van der Waals surface area contributed by atoms with Crippen LogP contribution in [-0.2, 0) is 4.79 Å². The molecule has 1 fully saturated rings. The summed E-state index contributed by atoms with van der Waals surface area (Å²) >= 11 is 0. The zero-order valence-corrected chi connectivity index (χ0v) is 8.82. The Morgan fingerprint density at radius 3 is 2.69 bits per heavy atom. The summed E-state index contributed by atoms with van der Waals surface area (Å²) in [6.45, 7) is 0.811. The first-order valence-electron chi connectivity index (χ1n) is 5.40. The van der Waals surface area contributed by atoms with Crippen molar-refractivity contribution in [2.45, 2.75) is 18.9 Å². The van der Waals surface area contributed by atoms with Crippen molar-refractivity contribution >= 4 is 5.97 Å². The summed E-state index contributed by atoms with van der Waals surface area (Å²) in [5.74, 6) is -1.51. The van der Waals surface area contributed by atoms with Crippen molar-refractivity contribution in [1.29, 1.82) is 0 Å². The molecule has 0 bridgehead atoms. The molecular weight excluding hydrogens is 209 g/mol. The van der Waals surface area contributed by atoms with Crippen molar-refractivity contribution in [3.63, 3.8) is 0 Å². The van der Waals surface area contributed by atoms with E-state index in [1.165, 1.54) is 12.1 Å². The molecule has 16 heavy (non-hydrogen) atoms. The van der Waals surface area contributed by atoms with Gasteiger partial charge < -0.3 is 10.4 Å². The number of carboxylic acids is 1. The summed E-state index contributed by atoms with van der Waals surface area (Å²) < 4.78 is 12.8. The molecule has 0 aliphatic carbocycles. The van der Waals surface area contributed by atoms with E-state index < -0.39 is 11.9 Å². The van der Waals surface area contributed by atoms with Crippen LogP contribution in [0.5, 0.6) is 0 Å². The minimum Gasteiger partial charge on any atom is -0.481 e. The number of hydrogen-bond acceptors (Lipinski definition) is 2. The van der Waals surface area contributed by atoms with Crippen LogP contribution in [0.1, 0.15) is 24.4 Å². The maximum Gasteiger partial charge on any atom is 0.308 e. The predicted molar refractivity (Wildman–Crippen MR) is 57.5 cm³/mol. The Balaban J connectivity index is 2.23. The lowest BCUT2D eigenvalue weighted by Gasteiger charge is -2.30. The molecule has 3 nitrogen and oxygen atoms in total. The van der Waals surface area contributed by atoms with Crippen molar-refractivity contribution in [2.75, 3.05) is 6.54 Å². The SMILES string of the molecule is O=C(O)[C@H]1CCCN[C@@H]1c1ccc(F)cc1. The van der Waals surface area contributed by atoms with E-state index in [0.29, 0.717) is 6.42 Å². The highest BCUT2D eigenvalue weighted by Crippen LogP contribution is 2.29. The minimum absolute atomic E-state index is 0.202. The number of nitrogens with one attached hydrogen (secondary N) is 1. The van der Waals surface area contributed by atoms with E-state index in [0.717, 1.165) is 18.5 Å². The molecule has 1 aliphatic rings. The summed E-state index contributed by atoms with van der Waals surface area (Å²) in [5.41, 5.74) is 0.841. The summed E-state index contributed by atoms with van der Waals surface area (Å²) in [5, 5.41) is 12.3. The van der Waals surface area contributed by atoms with Gasteiger partial charge in [0.25, 0.3) is 0 Å². The average molecular weight is 223 g/mol. The van der Waals surface area contributed by atoms with Crippen LogP contribution < -0.4 is 5.32 Å². The monoisotopic (exact) mass is 223 g/mol. The molecule has 2 rings (SSSR count). The first-order chi connectivity index (χ1) is 7.68. The van der Waals surface area contributed by atoms with Gasteiger partial charge in [0, 0.05) is 6.04 Å². The van der Waals surface area contributed by atoms with E-state index in [1.807, 2.05) is 0 Å². The van der Waals surface area contributed by atoms with Gasteiger partial charge in [0.2, 0.25) is 0 Å². The molecule has 0 saturated carbocycles. The number of benzene rings is 1. The van der Waals surface area contributed by atoms with E-state index in [2.05, 4.69) is 5.32 Å². The number of hydrogen-bond donors (Lipinski definition) is 2. The highest BCUT2D eigenvalue weighted by Gasteiger charge is 2.31. The van der Waals surface area contributed by atoms with Crippen LogP contribution in [-0.4, -0.2) is 17.6 Å². The third kappa shape index (κ3) is 2.22. The quantitative estimate of drug-likeness (QED) is 0.805. The van der Waals surface area contributed by atoms with Crippen molar-refractivity contribution < 1.29 is 14.3 Å². The minimum atomic E-state index is -0.790. The molecule has 0 unspecified atom stereocenters. The molecule has 2 atom stereocenters. The molecule has 0 spiro atoms. The Labute approximate surface area is 93.3 Å².